The van der Waals surface area contributed by atoms with Crippen molar-refractivity contribution in [2.24, 2.45) is 0 Å². The molecule has 2 aromatic carbocycles. The molecule has 5 heteroatoms. The van der Waals surface area contributed by atoms with Crippen LogP contribution in [0, 0.1) is 0 Å². The summed E-state index contributed by atoms with van der Waals surface area (Å²) in [6.45, 7) is 3.64. The molecule has 0 bridgehead atoms. The molecular weight excluding hydrogens is 364 g/mol. The minimum Gasteiger partial charge on any atom is -0.489 e. The van der Waals surface area contributed by atoms with Gasteiger partial charge in [-0.1, -0.05) is 49.4 Å². The fourth-order valence-electron chi connectivity index (χ4n) is 3.58. The van der Waals surface area contributed by atoms with Crippen LogP contribution in [0.25, 0.3) is 0 Å². The molecule has 1 heterocycles. The Labute approximate surface area is 173 Å². The van der Waals surface area contributed by atoms with E-state index in [9.17, 15) is 9.59 Å². The van der Waals surface area contributed by atoms with Gasteiger partial charge >= 0.3 is 0 Å². The maximum Gasteiger partial charge on any atom is 0.242 e. The van der Waals surface area contributed by atoms with Crippen molar-refractivity contribution in [1.29, 1.82) is 0 Å². The Morgan fingerprint density at radius 3 is 2.55 bits per heavy atom. The van der Waals surface area contributed by atoms with Crippen molar-refractivity contribution in [3.05, 3.63) is 65.7 Å². The molecule has 1 fully saturated rings. The van der Waals surface area contributed by atoms with Crippen LogP contribution in [0.5, 0.6) is 5.75 Å². The van der Waals surface area contributed by atoms with Crippen LogP contribution in [0.2, 0.25) is 0 Å². The van der Waals surface area contributed by atoms with Gasteiger partial charge in [-0.25, -0.2) is 0 Å². The number of nitrogens with one attached hydrogen (secondary N) is 1. The Morgan fingerprint density at radius 2 is 1.83 bits per heavy atom. The summed E-state index contributed by atoms with van der Waals surface area (Å²) in [7, 11) is 0. The van der Waals surface area contributed by atoms with Gasteiger partial charge in [-0.3, -0.25) is 9.59 Å². The average Bonchev–Trinajstić information content (AvgIpc) is 2.96. The van der Waals surface area contributed by atoms with Crippen LogP contribution in [-0.2, 0) is 22.7 Å². The monoisotopic (exact) mass is 394 g/mol. The lowest BCUT2D eigenvalue weighted by molar-refractivity contribution is -0.141. The zero-order valence-electron chi connectivity index (χ0n) is 17.1. The summed E-state index contributed by atoms with van der Waals surface area (Å²) in [5, 5.41) is 2.95. The fourth-order valence-corrected chi connectivity index (χ4v) is 3.58. The van der Waals surface area contributed by atoms with E-state index in [1.54, 1.807) is 4.90 Å². The highest BCUT2D eigenvalue weighted by atomic mass is 16.5. The van der Waals surface area contributed by atoms with Gasteiger partial charge in [-0.15, -0.1) is 0 Å². The summed E-state index contributed by atoms with van der Waals surface area (Å²) in [5.41, 5.74) is 2.12. The average molecular weight is 395 g/mol. The van der Waals surface area contributed by atoms with Crippen LogP contribution in [0.15, 0.2) is 54.6 Å². The lowest BCUT2D eigenvalue weighted by Crippen LogP contribution is -2.48. The molecule has 0 aliphatic carbocycles. The summed E-state index contributed by atoms with van der Waals surface area (Å²) in [6.07, 6.45) is 3.87. The first-order valence-corrected chi connectivity index (χ1v) is 10.5. The summed E-state index contributed by atoms with van der Waals surface area (Å²) in [5.74, 6) is 0.796. The number of nitrogens with zero attached hydrogens (tertiary/aromatic N) is 1. The first kappa shape index (κ1) is 20.9. The number of rotatable bonds is 8. The second kappa shape index (κ2) is 10.6. The zero-order chi connectivity index (χ0) is 20.5. The standard InChI is InChI=1S/C24H30N2O3/c1-2-8-23(27)26(22-11-6-7-16-25-24(22)28)17-19-12-14-21(15-13-19)29-18-20-9-4-3-5-10-20/h3-5,9-10,12-15,22H,2,6-8,11,16-18H2,1H3,(H,25,28). The Hall–Kier alpha value is -2.82. The molecule has 1 N–H and O–H groups in total. The van der Waals surface area contributed by atoms with Gasteiger partial charge in [0.05, 0.1) is 0 Å². The van der Waals surface area contributed by atoms with Crippen molar-refractivity contribution in [2.45, 2.75) is 58.2 Å². The van der Waals surface area contributed by atoms with Crippen molar-refractivity contribution < 1.29 is 14.3 Å². The summed E-state index contributed by atoms with van der Waals surface area (Å²) >= 11 is 0. The minimum atomic E-state index is -0.384. The maximum absolute atomic E-state index is 12.8. The van der Waals surface area contributed by atoms with Crippen LogP contribution in [-0.4, -0.2) is 29.3 Å². The molecule has 2 aromatic rings. The first-order chi connectivity index (χ1) is 14.2. The van der Waals surface area contributed by atoms with Crippen LogP contribution in [0.4, 0.5) is 0 Å². The molecule has 1 atom stereocenters. The number of amides is 2. The molecule has 1 aliphatic rings. The molecule has 2 amide bonds. The molecule has 1 unspecified atom stereocenters. The van der Waals surface area contributed by atoms with E-state index in [1.165, 1.54) is 0 Å². The van der Waals surface area contributed by atoms with Crippen LogP contribution >= 0.6 is 0 Å². The van der Waals surface area contributed by atoms with E-state index in [0.29, 0.717) is 26.1 Å². The number of ether oxygens (including phenoxy) is 1. The van der Waals surface area contributed by atoms with E-state index in [0.717, 1.165) is 42.6 Å². The van der Waals surface area contributed by atoms with Gasteiger partial charge in [0.2, 0.25) is 11.8 Å². The van der Waals surface area contributed by atoms with E-state index in [4.69, 9.17) is 4.74 Å². The largest absolute Gasteiger partial charge is 0.489 e. The van der Waals surface area contributed by atoms with Gasteiger partial charge in [0.25, 0.3) is 0 Å². The molecule has 0 saturated carbocycles. The van der Waals surface area contributed by atoms with E-state index in [2.05, 4.69) is 5.32 Å². The fraction of sp³-hybridized carbons (Fsp3) is 0.417. The Morgan fingerprint density at radius 1 is 1.07 bits per heavy atom. The highest BCUT2D eigenvalue weighted by Crippen LogP contribution is 2.20. The van der Waals surface area contributed by atoms with E-state index < -0.39 is 0 Å². The molecule has 1 aliphatic heterocycles. The Balaban J connectivity index is 1.66. The van der Waals surface area contributed by atoms with E-state index in [1.807, 2.05) is 61.5 Å². The van der Waals surface area contributed by atoms with E-state index >= 15 is 0 Å². The molecule has 29 heavy (non-hydrogen) atoms. The van der Waals surface area contributed by atoms with Crippen molar-refractivity contribution in [3.63, 3.8) is 0 Å². The van der Waals surface area contributed by atoms with Crippen molar-refractivity contribution in [1.82, 2.24) is 10.2 Å². The van der Waals surface area contributed by atoms with Gasteiger partial charge in [-0.05, 0) is 48.9 Å². The van der Waals surface area contributed by atoms with Crippen LogP contribution in [0.1, 0.15) is 50.2 Å². The molecule has 5 nitrogen and oxygen atoms in total. The number of carbonyl (C=O) groups excluding carboxylic acids is 2. The topological polar surface area (TPSA) is 58.6 Å². The SMILES string of the molecule is CCCC(=O)N(Cc1ccc(OCc2ccccc2)cc1)C1CCCCNC1=O. The van der Waals surface area contributed by atoms with Crippen LogP contribution in [0.3, 0.4) is 0 Å². The molecule has 0 spiro atoms. The summed E-state index contributed by atoms with van der Waals surface area (Å²) in [4.78, 5) is 27.0. The quantitative estimate of drug-likeness (QED) is 0.734. The molecular formula is C24H30N2O3. The predicted octanol–water partition coefficient (Wildman–Crippen LogP) is 4.06. The molecule has 154 valence electrons. The second-order valence-corrected chi connectivity index (χ2v) is 7.49. The lowest BCUT2D eigenvalue weighted by Gasteiger charge is -2.30. The first-order valence-electron chi connectivity index (χ1n) is 10.5. The van der Waals surface area contributed by atoms with E-state index in [-0.39, 0.29) is 17.9 Å². The Kier molecular flexibility index (Phi) is 7.68. The molecule has 3 rings (SSSR count). The van der Waals surface area contributed by atoms with Crippen molar-refractivity contribution >= 4 is 11.8 Å². The normalized spacial score (nSPS) is 16.6. The third-order valence-corrected chi connectivity index (χ3v) is 5.19. The van der Waals surface area contributed by atoms with Crippen LogP contribution < -0.4 is 10.1 Å². The Bertz CT molecular complexity index is 790. The van der Waals surface area contributed by atoms with Gasteiger partial charge in [0, 0.05) is 19.5 Å². The zero-order valence-corrected chi connectivity index (χ0v) is 17.1. The lowest BCUT2D eigenvalue weighted by atomic mass is 10.1. The summed E-state index contributed by atoms with van der Waals surface area (Å²) in [6, 6.07) is 17.4. The van der Waals surface area contributed by atoms with Crippen molar-refractivity contribution in [2.75, 3.05) is 6.54 Å². The minimum absolute atomic E-state index is 0.0326. The van der Waals surface area contributed by atoms with Gasteiger partial charge in [-0.2, -0.15) is 0 Å². The van der Waals surface area contributed by atoms with Gasteiger partial charge in [0.15, 0.2) is 0 Å². The number of hydrogen-bond donors (Lipinski definition) is 1. The highest BCUT2D eigenvalue weighted by molar-refractivity contribution is 5.87. The number of benzene rings is 2. The summed E-state index contributed by atoms with van der Waals surface area (Å²) < 4.78 is 5.84. The molecule has 0 radical (unpaired) electrons. The third kappa shape index (κ3) is 6.08. The maximum atomic E-state index is 12.8. The van der Waals surface area contributed by atoms with Crippen molar-refractivity contribution in [3.8, 4) is 5.75 Å². The number of hydrogen-bond acceptors (Lipinski definition) is 3. The van der Waals surface area contributed by atoms with Gasteiger partial charge < -0.3 is 15.0 Å². The number of carbonyl (C=O) groups is 2. The molecule has 0 aromatic heterocycles. The second-order valence-electron chi connectivity index (χ2n) is 7.49. The smallest absolute Gasteiger partial charge is 0.242 e. The highest BCUT2D eigenvalue weighted by Gasteiger charge is 2.30. The molecule has 1 saturated heterocycles. The predicted molar refractivity (Wildman–Crippen MR) is 113 cm³/mol. The van der Waals surface area contributed by atoms with Gasteiger partial charge in [0.1, 0.15) is 18.4 Å². The third-order valence-electron chi connectivity index (χ3n) is 5.19.